The summed E-state index contributed by atoms with van der Waals surface area (Å²) in [6.45, 7) is 0. The van der Waals surface area contributed by atoms with Gasteiger partial charge in [-0.25, -0.2) is 0 Å². The second-order valence-electron chi connectivity index (χ2n) is 4.84. The Morgan fingerprint density at radius 2 is 2.16 bits per heavy atom. The zero-order valence-corrected chi connectivity index (χ0v) is 12.5. The van der Waals surface area contributed by atoms with Gasteiger partial charge in [0.2, 0.25) is 0 Å². The second kappa shape index (κ2) is 4.51. The van der Waals surface area contributed by atoms with Crippen LogP contribution in [0.1, 0.15) is 22.9 Å². The van der Waals surface area contributed by atoms with Crippen LogP contribution >= 0.6 is 34.3 Å². The smallest absolute Gasteiger partial charge is 0.0934 e. The third kappa shape index (κ3) is 2.06. The summed E-state index contributed by atoms with van der Waals surface area (Å²) in [7, 11) is 0. The molecule has 1 aliphatic rings. The van der Waals surface area contributed by atoms with Crippen LogP contribution in [-0.4, -0.2) is 0 Å². The molecule has 0 aliphatic heterocycles. The summed E-state index contributed by atoms with van der Waals surface area (Å²) in [6.07, 6.45) is 2.31. The molecule has 3 aromatic rings. The van der Waals surface area contributed by atoms with E-state index in [4.69, 9.17) is 11.6 Å². The van der Waals surface area contributed by atoms with Crippen molar-refractivity contribution in [3.63, 3.8) is 0 Å². The third-order valence-corrected chi connectivity index (χ3v) is 5.88. The molecular formula is C15H12ClNS2. The maximum atomic E-state index is 6.10. The van der Waals surface area contributed by atoms with Crippen molar-refractivity contribution in [1.29, 1.82) is 0 Å². The summed E-state index contributed by atoms with van der Waals surface area (Å²) < 4.78 is 2.25. The van der Waals surface area contributed by atoms with E-state index in [0.29, 0.717) is 6.04 Å². The van der Waals surface area contributed by atoms with Crippen LogP contribution in [0.25, 0.3) is 10.1 Å². The molecule has 0 saturated heterocycles. The van der Waals surface area contributed by atoms with Gasteiger partial charge in [-0.3, -0.25) is 0 Å². The van der Waals surface area contributed by atoms with Crippen molar-refractivity contribution in [3.8, 4) is 0 Å². The number of halogens is 1. The highest BCUT2D eigenvalue weighted by Crippen LogP contribution is 2.41. The highest BCUT2D eigenvalue weighted by molar-refractivity contribution is 7.17. The first-order chi connectivity index (χ1) is 9.29. The molecular weight excluding hydrogens is 294 g/mol. The summed E-state index contributed by atoms with van der Waals surface area (Å²) in [5.74, 6) is 0. The Kier molecular flexibility index (Phi) is 2.79. The molecule has 1 N–H and O–H groups in total. The molecule has 0 radical (unpaired) electrons. The molecule has 2 aromatic heterocycles. The zero-order chi connectivity index (χ0) is 12.8. The molecule has 4 heteroatoms. The van der Waals surface area contributed by atoms with Crippen LogP contribution in [0.4, 0.5) is 5.69 Å². The fraction of sp³-hybridized carbons (Fsp3) is 0.200. The molecule has 0 bridgehead atoms. The number of thiophene rings is 2. The van der Waals surface area contributed by atoms with Crippen molar-refractivity contribution in [2.45, 2.75) is 18.9 Å². The third-order valence-electron chi connectivity index (χ3n) is 3.64. The van der Waals surface area contributed by atoms with E-state index in [2.05, 4.69) is 41.0 Å². The van der Waals surface area contributed by atoms with Gasteiger partial charge in [0.05, 0.1) is 10.4 Å². The van der Waals surface area contributed by atoms with E-state index < -0.39 is 0 Å². The quantitative estimate of drug-likeness (QED) is 0.639. The van der Waals surface area contributed by atoms with Gasteiger partial charge in [-0.15, -0.1) is 22.7 Å². The predicted molar refractivity (Wildman–Crippen MR) is 85.8 cm³/mol. The fourth-order valence-corrected chi connectivity index (χ4v) is 4.87. The van der Waals surface area contributed by atoms with Crippen LogP contribution in [0.2, 0.25) is 4.34 Å². The van der Waals surface area contributed by atoms with E-state index in [1.54, 1.807) is 22.7 Å². The van der Waals surface area contributed by atoms with Crippen molar-refractivity contribution in [2.75, 3.05) is 5.32 Å². The lowest BCUT2D eigenvalue weighted by Crippen LogP contribution is -2.06. The van der Waals surface area contributed by atoms with Gasteiger partial charge in [0.1, 0.15) is 0 Å². The minimum absolute atomic E-state index is 0.412. The number of rotatable bonds is 2. The monoisotopic (exact) mass is 305 g/mol. The van der Waals surface area contributed by atoms with Crippen molar-refractivity contribution in [2.24, 2.45) is 0 Å². The molecule has 1 aliphatic carbocycles. The lowest BCUT2D eigenvalue weighted by molar-refractivity contribution is 0.762. The normalized spacial score (nSPS) is 17.8. The topological polar surface area (TPSA) is 12.0 Å². The number of hydrogen-bond acceptors (Lipinski definition) is 3. The van der Waals surface area contributed by atoms with Crippen LogP contribution in [0.3, 0.4) is 0 Å². The SMILES string of the molecule is Clc1cc2c(s1)CCC2Nc1ccc2sccc2c1. The number of fused-ring (bicyclic) bond motifs is 2. The summed E-state index contributed by atoms with van der Waals surface area (Å²) in [4.78, 5) is 1.44. The standard InChI is InChI=1S/C15H12ClNS2/c16-15-8-11-12(2-4-14(11)19-15)17-10-1-3-13-9(7-10)5-6-18-13/h1,3,5-8,12,17H,2,4H2. The number of hydrogen-bond donors (Lipinski definition) is 1. The maximum Gasteiger partial charge on any atom is 0.0934 e. The summed E-state index contributed by atoms with van der Waals surface area (Å²) in [5, 5.41) is 7.10. The van der Waals surface area contributed by atoms with Gasteiger partial charge < -0.3 is 5.32 Å². The molecule has 1 aromatic carbocycles. The van der Waals surface area contributed by atoms with Gasteiger partial charge in [0, 0.05) is 15.3 Å². The van der Waals surface area contributed by atoms with Crippen LogP contribution in [-0.2, 0) is 6.42 Å². The molecule has 0 fully saturated rings. The first kappa shape index (κ1) is 11.8. The predicted octanol–water partition coefficient (Wildman–Crippen LogP) is 5.72. The Balaban J connectivity index is 1.64. The number of aryl methyl sites for hydroxylation is 1. The van der Waals surface area contributed by atoms with Crippen molar-refractivity contribution in [3.05, 3.63) is 50.5 Å². The Morgan fingerprint density at radius 3 is 3.11 bits per heavy atom. The van der Waals surface area contributed by atoms with Crippen LogP contribution < -0.4 is 5.32 Å². The first-order valence-electron chi connectivity index (χ1n) is 6.31. The Bertz CT molecular complexity index is 744. The molecule has 2 heterocycles. The van der Waals surface area contributed by atoms with Gasteiger partial charge in [-0.2, -0.15) is 0 Å². The molecule has 96 valence electrons. The summed E-state index contributed by atoms with van der Waals surface area (Å²) >= 11 is 9.61. The Labute approximate surface area is 124 Å². The fourth-order valence-electron chi connectivity index (χ4n) is 2.74. The van der Waals surface area contributed by atoms with Crippen molar-refractivity contribution < 1.29 is 0 Å². The van der Waals surface area contributed by atoms with Crippen LogP contribution in [0, 0.1) is 0 Å². The van der Waals surface area contributed by atoms with Gasteiger partial charge in [-0.1, -0.05) is 11.6 Å². The number of benzene rings is 1. The largest absolute Gasteiger partial charge is 0.378 e. The molecule has 1 atom stereocenters. The highest BCUT2D eigenvalue weighted by Gasteiger charge is 2.24. The summed E-state index contributed by atoms with van der Waals surface area (Å²) in [6, 6.07) is 11.3. The van der Waals surface area contributed by atoms with Gasteiger partial charge >= 0.3 is 0 Å². The van der Waals surface area contributed by atoms with E-state index in [1.165, 1.54) is 32.6 Å². The summed E-state index contributed by atoms with van der Waals surface area (Å²) in [5.41, 5.74) is 2.59. The lowest BCUT2D eigenvalue weighted by atomic mass is 10.1. The van der Waals surface area contributed by atoms with E-state index in [0.717, 1.165) is 10.8 Å². The minimum atomic E-state index is 0.412. The van der Waals surface area contributed by atoms with Gasteiger partial charge in [0.15, 0.2) is 0 Å². The average molecular weight is 306 g/mol. The van der Waals surface area contributed by atoms with E-state index >= 15 is 0 Å². The van der Waals surface area contributed by atoms with Crippen LogP contribution in [0.15, 0.2) is 35.7 Å². The molecule has 0 spiro atoms. The van der Waals surface area contributed by atoms with Crippen LogP contribution in [0.5, 0.6) is 0 Å². The second-order valence-corrected chi connectivity index (χ2v) is 7.55. The maximum absolute atomic E-state index is 6.10. The van der Waals surface area contributed by atoms with E-state index in [1.807, 2.05) is 0 Å². The van der Waals surface area contributed by atoms with Gasteiger partial charge in [0.25, 0.3) is 0 Å². The molecule has 0 saturated carbocycles. The lowest BCUT2D eigenvalue weighted by Gasteiger charge is -2.14. The van der Waals surface area contributed by atoms with Crippen molar-refractivity contribution in [1.82, 2.24) is 0 Å². The number of nitrogens with one attached hydrogen (secondary N) is 1. The molecule has 0 amide bonds. The molecule has 4 rings (SSSR count). The van der Waals surface area contributed by atoms with Gasteiger partial charge in [-0.05, 0) is 59.5 Å². The number of anilines is 1. The Morgan fingerprint density at radius 1 is 1.21 bits per heavy atom. The average Bonchev–Trinajstić information content (AvgIpc) is 3.06. The zero-order valence-electron chi connectivity index (χ0n) is 10.2. The Hall–Kier alpha value is -1.03. The molecule has 1 nitrogen and oxygen atoms in total. The first-order valence-corrected chi connectivity index (χ1v) is 8.39. The highest BCUT2D eigenvalue weighted by atomic mass is 35.5. The minimum Gasteiger partial charge on any atom is -0.378 e. The molecule has 19 heavy (non-hydrogen) atoms. The van der Waals surface area contributed by atoms with E-state index in [9.17, 15) is 0 Å². The van der Waals surface area contributed by atoms with Crippen molar-refractivity contribution >= 4 is 50.0 Å². The molecule has 1 unspecified atom stereocenters. The van der Waals surface area contributed by atoms with E-state index in [-0.39, 0.29) is 0 Å².